The van der Waals surface area contributed by atoms with E-state index in [9.17, 15) is 9.18 Å². The normalized spacial score (nSPS) is 10.3. The Kier molecular flexibility index (Phi) is 3.53. The maximum absolute atomic E-state index is 13.5. The highest BCUT2D eigenvalue weighted by Crippen LogP contribution is 2.29. The number of carboxylic acids is 1. The minimum absolute atomic E-state index is 0.323. The van der Waals surface area contributed by atoms with Crippen LogP contribution in [0.5, 0.6) is 0 Å². The number of carboxylic acid groups (broad SMARTS) is 1. The zero-order valence-corrected chi connectivity index (χ0v) is 10.1. The van der Waals surface area contributed by atoms with E-state index in [-0.39, 0.29) is 5.56 Å². The zero-order valence-electron chi connectivity index (χ0n) is 9.26. The number of anilines is 1. The van der Waals surface area contributed by atoms with E-state index >= 15 is 0 Å². The molecule has 0 saturated carbocycles. The number of hydrogen-bond acceptors (Lipinski definition) is 3. The van der Waals surface area contributed by atoms with Gasteiger partial charge in [0, 0.05) is 15.5 Å². The second-order valence-corrected chi connectivity index (χ2v) is 4.76. The van der Waals surface area contributed by atoms with Crippen LogP contribution in [-0.4, -0.2) is 11.1 Å². The first-order valence-electron chi connectivity index (χ1n) is 5.12. The average molecular weight is 263 g/mol. The number of nitrogen functional groups attached to an aromatic ring is 1. The molecule has 18 heavy (non-hydrogen) atoms. The van der Waals surface area contributed by atoms with Crippen LogP contribution in [0.25, 0.3) is 0 Å². The fourth-order valence-electron chi connectivity index (χ4n) is 1.40. The van der Waals surface area contributed by atoms with Gasteiger partial charge in [0.1, 0.15) is 5.82 Å². The van der Waals surface area contributed by atoms with E-state index < -0.39 is 11.8 Å². The summed E-state index contributed by atoms with van der Waals surface area (Å²) in [5, 5.41) is 8.72. The Bertz CT molecular complexity index is 584. The summed E-state index contributed by atoms with van der Waals surface area (Å²) in [7, 11) is 0. The van der Waals surface area contributed by atoms with E-state index in [1.807, 2.05) is 12.1 Å². The number of benzene rings is 2. The monoisotopic (exact) mass is 263 g/mol. The molecule has 92 valence electrons. The third-order valence-corrected chi connectivity index (χ3v) is 3.28. The molecule has 0 atom stereocenters. The Morgan fingerprint density at radius 3 is 2.28 bits per heavy atom. The largest absolute Gasteiger partial charge is 0.478 e. The van der Waals surface area contributed by atoms with Crippen LogP contribution in [0.4, 0.5) is 10.1 Å². The molecule has 0 fully saturated rings. The first kappa shape index (κ1) is 12.4. The number of aromatic carboxylic acids is 1. The zero-order chi connectivity index (χ0) is 13.1. The second-order valence-electron chi connectivity index (χ2n) is 3.62. The highest BCUT2D eigenvalue weighted by Gasteiger charge is 2.10. The van der Waals surface area contributed by atoms with Crippen molar-refractivity contribution in [1.29, 1.82) is 0 Å². The fraction of sp³-hybridized carbons (Fsp3) is 0. The molecule has 0 aliphatic heterocycles. The molecule has 0 bridgehead atoms. The number of nitrogens with two attached hydrogens (primary N) is 1. The van der Waals surface area contributed by atoms with Gasteiger partial charge in [0.2, 0.25) is 0 Å². The van der Waals surface area contributed by atoms with E-state index in [4.69, 9.17) is 10.8 Å². The van der Waals surface area contributed by atoms with Gasteiger partial charge in [0.05, 0.1) is 5.56 Å². The molecule has 0 aliphatic carbocycles. The van der Waals surface area contributed by atoms with Gasteiger partial charge in [0.25, 0.3) is 0 Å². The second kappa shape index (κ2) is 5.10. The van der Waals surface area contributed by atoms with Crippen LogP contribution in [0.3, 0.4) is 0 Å². The molecule has 0 spiro atoms. The van der Waals surface area contributed by atoms with Crippen molar-refractivity contribution in [1.82, 2.24) is 0 Å². The molecule has 0 heterocycles. The Morgan fingerprint density at radius 1 is 1.11 bits per heavy atom. The van der Waals surface area contributed by atoms with E-state index in [0.717, 1.165) is 4.90 Å². The summed E-state index contributed by atoms with van der Waals surface area (Å²) in [5.41, 5.74) is 5.90. The van der Waals surface area contributed by atoms with Crippen LogP contribution >= 0.6 is 11.8 Å². The summed E-state index contributed by atoms with van der Waals surface area (Å²) >= 11 is 1.34. The molecular formula is C13H10FNO2S. The lowest BCUT2D eigenvalue weighted by Gasteiger charge is -2.04. The molecular weight excluding hydrogens is 253 g/mol. The quantitative estimate of drug-likeness (QED) is 0.834. The highest BCUT2D eigenvalue weighted by molar-refractivity contribution is 7.99. The summed E-state index contributed by atoms with van der Waals surface area (Å²) in [5.74, 6) is -2.00. The lowest BCUT2D eigenvalue weighted by molar-refractivity contribution is 0.0692. The van der Waals surface area contributed by atoms with Crippen LogP contribution < -0.4 is 5.73 Å². The average Bonchev–Trinajstić information content (AvgIpc) is 2.32. The minimum atomic E-state index is -1.27. The molecule has 3 N–H and O–H groups in total. The molecule has 0 amide bonds. The van der Waals surface area contributed by atoms with E-state index in [0.29, 0.717) is 10.6 Å². The molecule has 0 aromatic heterocycles. The number of rotatable bonds is 3. The van der Waals surface area contributed by atoms with E-state index in [1.54, 1.807) is 18.2 Å². The predicted octanol–water partition coefficient (Wildman–Crippen LogP) is 3.26. The van der Waals surface area contributed by atoms with Crippen LogP contribution in [0.2, 0.25) is 0 Å². The van der Waals surface area contributed by atoms with Crippen molar-refractivity contribution in [3.05, 3.63) is 53.8 Å². The molecule has 0 unspecified atom stereocenters. The van der Waals surface area contributed by atoms with Crippen molar-refractivity contribution in [2.45, 2.75) is 9.79 Å². The summed E-state index contributed by atoms with van der Waals surface area (Å²) in [6.07, 6.45) is 0. The summed E-state index contributed by atoms with van der Waals surface area (Å²) in [6, 6.07) is 11.2. The lowest BCUT2D eigenvalue weighted by atomic mass is 10.2. The van der Waals surface area contributed by atoms with Crippen molar-refractivity contribution >= 4 is 23.4 Å². The third kappa shape index (κ3) is 2.81. The third-order valence-electron chi connectivity index (χ3n) is 2.29. The van der Waals surface area contributed by atoms with Gasteiger partial charge in [-0.1, -0.05) is 11.8 Å². The lowest BCUT2D eigenvalue weighted by Crippen LogP contribution is -1.99. The van der Waals surface area contributed by atoms with E-state index in [1.165, 1.54) is 23.9 Å². The maximum atomic E-state index is 13.5. The molecule has 0 saturated heterocycles. The number of hydrogen-bond donors (Lipinski definition) is 2. The number of carbonyl (C=O) groups is 1. The summed E-state index contributed by atoms with van der Waals surface area (Å²) < 4.78 is 13.5. The van der Waals surface area contributed by atoms with Gasteiger partial charge < -0.3 is 10.8 Å². The molecule has 2 aromatic rings. The molecule has 3 nitrogen and oxygen atoms in total. The van der Waals surface area contributed by atoms with Gasteiger partial charge >= 0.3 is 5.97 Å². The standard InChI is InChI=1S/C13H10FNO2S/c14-12-7-10(5-6-11(12)13(16)17)18-9-3-1-8(15)2-4-9/h1-7H,15H2,(H,16,17). The maximum Gasteiger partial charge on any atom is 0.338 e. The van der Waals surface area contributed by atoms with Gasteiger partial charge in [-0.25, -0.2) is 9.18 Å². The Balaban J connectivity index is 2.22. The molecule has 2 aromatic carbocycles. The minimum Gasteiger partial charge on any atom is -0.478 e. The summed E-state index contributed by atoms with van der Waals surface area (Å²) in [6.45, 7) is 0. The van der Waals surface area contributed by atoms with Crippen molar-refractivity contribution in [2.75, 3.05) is 5.73 Å². The van der Waals surface area contributed by atoms with Crippen LogP contribution in [0.1, 0.15) is 10.4 Å². The van der Waals surface area contributed by atoms with Crippen LogP contribution in [0.15, 0.2) is 52.3 Å². The molecule has 0 aliphatic rings. The first-order valence-corrected chi connectivity index (χ1v) is 5.94. The Hall–Kier alpha value is -2.01. The van der Waals surface area contributed by atoms with Crippen molar-refractivity contribution < 1.29 is 14.3 Å². The SMILES string of the molecule is Nc1ccc(Sc2ccc(C(=O)O)c(F)c2)cc1. The molecule has 5 heteroatoms. The van der Waals surface area contributed by atoms with Crippen molar-refractivity contribution in [2.24, 2.45) is 0 Å². The number of halogens is 1. The molecule has 0 radical (unpaired) electrons. The first-order chi connectivity index (χ1) is 8.56. The fourth-order valence-corrected chi connectivity index (χ4v) is 2.25. The highest BCUT2D eigenvalue weighted by atomic mass is 32.2. The van der Waals surface area contributed by atoms with Crippen LogP contribution in [0, 0.1) is 5.82 Å². The van der Waals surface area contributed by atoms with Crippen molar-refractivity contribution in [3.8, 4) is 0 Å². The Morgan fingerprint density at radius 2 is 1.72 bits per heavy atom. The summed E-state index contributed by atoms with van der Waals surface area (Å²) in [4.78, 5) is 12.2. The smallest absolute Gasteiger partial charge is 0.338 e. The topological polar surface area (TPSA) is 63.3 Å². The van der Waals surface area contributed by atoms with Gasteiger partial charge in [0.15, 0.2) is 0 Å². The van der Waals surface area contributed by atoms with Crippen molar-refractivity contribution in [3.63, 3.8) is 0 Å². The van der Waals surface area contributed by atoms with Gasteiger partial charge in [-0.3, -0.25) is 0 Å². The Labute approximate surface area is 107 Å². The van der Waals surface area contributed by atoms with Gasteiger partial charge in [-0.2, -0.15) is 0 Å². The van der Waals surface area contributed by atoms with Crippen LogP contribution in [-0.2, 0) is 0 Å². The van der Waals surface area contributed by atoms with E-state index in [2.05, 4.69) is 0 Å². The van der Waals surface area contributed by atoms with Gasteiger partial charge in [-0.05, 0) is 42.5 Å². The molecule has 2 rings (SSSR count). The predicted molar refractivity (Wildman–Crippen MR) is 68.3 cm³/mol. The van der Waals surface area contributed by atoms with Gasteiger partial charge in [-0.15, -0.1) is 0 Å².